The predicted molar refractivity (Wildman–Crippen MR) is 82.3 cm³/mol. The van der Waals surface area contributed by atoms with E-state index in [1.165, 1.54) is 30.1 Å². The van der Waals surface area contributed by atoms with Gasteiger partial charge in [0.25, 0.3) is 0 Å². The fraction of sp³-hybridized carbons (Fsp3) is 0.375. The Bertz CT molecular complexity index is 753. The van der Waals surface area contributed by atoms with Crippen LogP contribution in [0, 0.1) is 0 Å². The highest BCUT2D eigenvalue weighted by atomic mass is 32.2. The van der Waals surface area contributed by atoms with Crippen LogP contribution in [0.25, 0.3) is 0 Å². The van der Waals surface area contributed by atoms with Gasteiger partial charge in [-0.05, 0) is 42.9 Å². The Balaban J connectivity index is 1.93. The molecule has 0 radical (unpaired) electrons. The van der Waals surface area contributed by atoms with Crippen molar-refractivity contribution in [3.05, 3.63) is 46.8 Å². The summed E-state index contributed by atoms with van der Waals surface area (Å²) in [6.07, 6.45) is 0.312. The highest BCUT2D eigenvalue weighted by Crippen LogP contribution is 2.42. The molecule has 1 heterocycles. The van der Waals surface area contributed by atoms with E-state index in [9.17, 15) is 18.0 Å². The fourth-order valence-electron chi connectivity index (χ4n) is 2.47. The van der Waals surface area contributed by atoms with Gasteiger partial charge in [0.1, 0.15) is 5.75 Å². The number of benzene rings is 1. The zero-order valence-electron chi connectivity index (χ0n) is 12.7. The van der Waals surface area contributed by atoms with Crippen molar-refractivity contribution in [2.24, 2.45) is 0 Å². The van der Waals surface area contributed by atoms with Crippen LogP contribution in [0.3, 0.4) is 0 Å². The van der Waals surface area contributed by atoms with E-state index in [1.807, 2.05) is 0 Å². The van der Waals surface area contributed by atoms with Crippen LogP contribution >= 0.6 is 11.8 Å². The first-order valence-corrected chi connectivity index (χ1v) is 8.65. The highest BCUT2D eigenvalue weighted by molar-refractivity contribution is 7.97. The zero-order chi connectivity index (χ0) is 17.3. The Morgan fingerprint density at radius 1 is 1.38 bits per heavy atom. The number of alkyl halides is 3. The highest BCUT2D eigenvalue weighted by Gasteiger charge is 2.34. The molecule has 24 heavy (non-hydrogen) atoms. The van der Waals surface area contributed by atoms with Crippen molar-refractivity contribution in [2.75, 3.05) is 6.26 Å². The van der Waals surface area contributed by atoms with Crippen molar-refractivity contribution in [3.8, 4) is 5.75 Å². The van der Waals surface area contributed by atoms with E-state index >= 15 is 0 Å². The fourth-order valence-corrected chi connectivity index (χ4v) is 3.02. The molecule has 0 saturated heterocycles. The first-order valence-electron chi connectivity index (χ1n) is 7.26. The van der Waals surface area contributed by atoms with Crippen LogP contribution in [0.15, 0.2) is 28.9 Å². The Labute approximate surface area is 140 Å². The summed E-state index contributed by atoms with van der Waals surface area (Å²) in [6.45, 7) is 0. The second-order valence-corrected chi connectivity index (χ2v) is 6.37. The molecule has 0 amide bonds. The molecule has 0 spiro atoms. The topological polar surface area (TPSA) is 52.3 Å². The molecule has 4 nitrogen and oxygen atoms in total. The lowest BCUT2D eigenvalue weighted by Crippen LogP contribution is -2.17. The summed E-state index contributed by atoms with van der Waals surface area (Å²) in [5.41, 5.74) is 1.20. The van der Waals surface area contributed by atoms with Gasteiger partial charge in [-0.2, -0.15) is 11.8 Å². The summed E-state index contributed by atoms with van der Waals surface area (Å²) in [7, 11) is 0. The van der Waals surface area contributed by atoms with Crippen molar-refractivity contribution in [2.45, 2.75) is 30.9 Å². The van der Waals surface area contributed by atoms with Gasteiger partial charge in [-0.1, -0.05) is 5.16 Å². The van der Waals surface area contributed by atoms with Crippen molar-refractivity contribution in [1.29, 1.82) is 0 Å². The number of halogens is 3. The van der Waals surface area contributed by atoms with Crippen molar-refractivity contribution in [1.82, 2.24) is 5.16 Å². The number of nitrogens with zero attached hydrogens (tertiary/aromatic N) is 1. The molecule has 128 valence electrons. The van der Waals surface area contributed by atoms with Crippen LogP contribution in [0.5, 0.6) is 5.75 Å². The maximum absolute atomic E-state index is 12.8. The van der Waals surface area contributed by atoms with Gasteiger partial charge in [0.15, 0.2) is 11.5 Å². The molecule has 0 atom stereocenters. The van der Waals surface area contributed by atoms with Crippen molar-refractivity contribution < 1.29 is 27.2 Å². The van der Waals surface area contributed by atoms with Crippen molar-refractivity contribution in [3.63, 3.8) is 0 Å². The molecule has 1 aliphatic carbocycles. The molecule has 1 aromatic heterocycles. The lowest BCUT2D eigenvalue weighted by molar-refractivity contribution is -0.274. The van der Waals surface area contributed by atoms with Crippen molar-refractivity contribution >= 4 is 17.5 Å². The monoisotopic (exact) mass is 357 g/mol. The number of ketones is 1. The second kappa shape index (κ2) is 6.51. The summed E-state index contributed by atoms with van der Waals surface area (Å²) in [4.78, 5) is 12.8. The minimum Gasteiger partial charge on any atom is -0.406 e. The van der Waals surface area contributed by atoms with Gasteiger partial charge in [-0.3, -0.25) is 4.79 Å². The molecular formula is C16H14F3NO3S. The molecule has 1 aliphatic rings. The number of hydrogen-bond donors (Lipinski definition) is 0. The summed E-state index contributed by atoms with van der Waals surface area (Å²) >= 11 is 1.40. The molecule has 3 rings (SSSR count). The maximum atomic E-state index is 12.8. The minimum atomic E-state index is -4.77. The minimum absolute atomic E-state index is 0.211. The maximum Gasteiger partial charge on any atom is 0.573 e. The Kier molecular flexibility index (Phi) is 4.58. The van der Waals surface area contributed by atoms with E-state index in [-0.39, 0.29) is 17.5 Å². The Morgan fingerprint density at radius 3 is 2.75 bits per heavy atom. The molecule has 0 aliphatic heterocycles. The summed E-state index contributed by atoms with van der Waals surface area (Å²) in [5.74, 6) is 0.533. The van der Waals surface area contributed by atoms with Crippen LogP contribution in [0.1, 0.15) is 46.0 Å². The zero-order valence-corrected chi connectivity index (χ0v) is 13.5. The van der Waals surface area contributed by atoms with E-state index in [0.29, 0.717) is 28.2 Å². The number of ether oxygens (including phenoxy) is 1. The van der Waals surface area contributed by atoms with Gasteiger partial charge >= 0.3 is 6.36 Å². The Hall–Kier alpha value is -1.96. The number of carbonyl (C=O) groups is 1. The molecule has 8 heteroatoms. The van der Waals surface area contributed by atoms with E-state index in [0.717, 1.165) is 18.9 Å². The molecule has 1 aromatic carbocycles. The van der Waals surface area contributed by atoms with E-state index in [4.69, 9.17) is 4.52 Å². The van der Waals surface area contributed by atoms with Gasteiger partial charge < -0.3 is 9.26 Å². The molecule has 0 bridgehead atoms. The molecule has 0 N–H and O–H groups in total. The predicted octanol–water partition coefficient (Wildman–Crippen LogP) is 4.54. The molecule has 0 unspecified atom stereocenters. The third kappa shape index (κ3) is 3.75. The van der Waals surface area contributed by atoms with Crippen LogP contribution in [-0.4, -0.2) is 23.6 Å². The summed E-state index contributed by atoms with van der Waals surface area (Å²) in [5, 5.41) is 3.70. The second-order valence-electron chi connectivity index (χ2n) is 5.51. The third-order valence-electron chi connectivity index (χ3n) is 3.65. The first-order chi connectivity index (χ1) is 11.4. The molecular weight excluding hydrogens is 343 g/mol. The number of carbonyl (C=O) groups excluding carboxylic acids is 1. The number of rotatable bonds is 6. The summed E-state index contributed by atoms with van der Waals surface area (Å²) < 4.78 is 46.2. The van der Waals surface area contributed by atoms with Gasteiger partial charge in [-0.15, -0.1) is 13.2 Å². The Morgan fingerprint density at radius 2 is 2.12 bits per heavy atom. The van der Waals surface area contributed by atoms with Gasteiger partial charge in [0.05, 0.1) is 11.8 Å². The third-order valence-corrected chi connectivity index (χ3v) is 4.25. The van der Waals surface area contributed by atoms with Crippen LogP contribution in [0.2, 0.25) is 0 Å². The molecule has 2 aromatic rings. The quantitative estimate of drug-likeness (QED) is 0.710. The average Bonchev–Trinajstić information content (AvgIpc) is 3.23. The molecule has 1 saturated carbocycles. The lowest BCUT2D eigenvalue weighted by Gasteiger charge is -2.12. The van der Waals surface area contributed by atoms with E-state index in [1.54, 1.807) is 6.26 Å². The van der Waals surface area contributed by atoms with Crippen LogP contribution in [0.4, 0.5) is 13.2 Å². The number of thioether (sulfide) groups is 1. The standard InChI is InChI=1S/C16H14F3NO3S/c1-24-8-10-6-11(22-16(17,18)19)4-5-12(10)14(21)13-7-20-23-15(13)9-2-3-9/h4-7,9H,2-3,8H2,1H3. The summed E-state index contributed by atoms with van der Waals surface area (Å²) in [6, 6.07) is 3.76. The molecule has 1 fully saturated rings. The SMILES string of the molecule is CSCc1cc(OC(F)(F)F)ccc1C(=O)c1cnoc1C1CC1. The largest absolute Gasteiger partial charge is 0.573 e. The van der Waals surface area contributed by atoms with Crippen LogP contribution < -0.4 is 4.74 Å². The smallest absolute Gasteiger partial charge is 0.406 e. The van der Waals surface area contributed by atoms with E-state index in [2.05, 4.69) is 9.89 Å². The van der Waals surface area contributed by atoms with Gasteiger partial charge in [-0.25, -0.2) is 0 Å². The lowest BCUT2D eigenvalue weighted by atomic mass is 9.98. The number of aromatic nitrogens is 1. The first kappa shape index (κ1) is 16.9. The van der Waals surface area contributed by atoms with Crippen LogP contribution in [-0.2, 0) is 5.75 Å². The van der Waals surface area contributed by atoms with E-state index < -0.39 is 6.36 Å². The van der Waals surface area contributed by atoms with Gasteiger partial charge in [0, 0.05) is 17.2 Å². The van der Waals surface area contributed by atoms with Gasteiger partial charge in [0.2, 0.25) is 0 Å². The average molecular weight is 357 g/mol. The normalized spacial score (nSPS) is 14.7. The number of hydrogen-bond acceptors (Lipinski definition) is 5.